The van der Waals surface area contributed by atoms with Gasteiger partial charge < -0.3 is 10.3 Å². The predicted octanol–water partition coefficient (Wildman–Crippen LogP) is 2.05. The fraction of sp³-hybridized carbons (Fsp3) is 0.400. The van der Waals surface area contributed by atoms with E-state index in [1.165, 1.54) is 4.88 Å². The van der Waals surface area contributed by atoms with Gasteiger partial charge >= 0.3 is 0 Å². The molecule has 0 aliphatic heterocycles. The maximum atomic E-state index is 6.02. The minimum absolute atomic E-state index is 0.271. The van der Waals surface area contributed by atoms with Crippen LogP contribution in [-0.2, 0) is 6.42 Å². The number of nitrogens with zero attached hydrogens (tertiary/aromatic N) is 2. The molecule has 0 bridgehead atoms. The summed E-state index contributed by atoms with van der Waals surface area (Å²) >= 11 is 1.66. The van der Waals surface area contributed by atoms with Crippen molar-refractivity contribution in [1.29, 1.82) is 0 Å². The lowest BCUT2D eigenvalue weighted by atomic mass is 10.2. The molecule has 0 aliphatic rings. The van der Waals surface area contributed by atoms with E-state index in [4.69, 9.17) is 10.3 Å². The van der Waals surface area contributed by atoms with Gasteiger partial charge in [0.15, 0.2) is 5.82 Å². The average molecular weight is 223 g/mol. The second kappa shape index (κ2) is 4.12. The van der Waals surface area contributed by atoms with Crippen molar-refractivity contribution < 1.29 is 4.52 Å². The molecular formula is C10H13N3OS. The lowest BCUT2D eigenvalue weighted by Gasteiger charge is -2.02. The standard InChI is InChI=1S/C10H13N3OS/c1-3-8-12-10(13-14-8)9(11)7-5-4-6(2)15-7/h4-5,9H,3,11H2,1-2H3. The zero-order valence-electron chi connectivity index (χ0n) is 8.73. The summed E-state index contributed by atoms with van der Waals surface area (Å²) in [4.78, 5) is 6.52. The Labute approximate surface area is 92.1 Å². The van der Waals surface area contributed by atoms with Crippen molar-refractivity contribution in [3.63, 3.8) is 0 Å². The Hall–Kier alpha value is -1.20. The zero-order chi connectivity index (χ0) is 10.8. The molecule has 0 fully saturated rings. The van der Waals surface area contributed by atoms with E-state index in [-0.39, 0.29) is 6.04 Å². The van der Waals surface area contributed by atoms with Crippen molar-refractivity contribution in [2.24, 2.45) is 5.73 Å². The van der Waals surface area contributed by atoms with E-state index in [1.807, 2.05) is 19.1 Å². The normalized spacial score (nSPS) is 13.0. The Kier molecular flexibility index (Phi) is 2.83. The van der Waals surface area contributed by atoms with Crippen molar-refractivity contribution in [2.75, 3.05) is 0 Å². The quantitative estimate of drug-likeness (QED) is 0.864. The largest absolute Gasteiger partial charge is 0.339 e. The monoisotopic (exact) mass is 223 g/mol. The van der Waals surface area contributed by atoms with Crippen LogP contribution in [0.4, 0.5) is 0 Å². The van der Waals surface area contributed by atoms with Crippen LogP contribution in [0.5, 0.6) is 0 Å². The number of aromatic nitrogens is 2. The van der Waals surface area contributed by atoms with Crippen LogP contribution in [-0.4, -0.2) is 10.1 Å². The third-order valence-corrected chi connectivity index (χ3v) is 3.22. The summed E-state index contributed by atoms with van der Waals surface area (Å²) in [6, 6.07) is 3.78. The molecule has 2 aromatic heterocycles. The Morgan fingerprint density at radius 3 is 2.87 bits per heavy atom. The Morgan fingerprint density at radius 1 is 1.53 bits per heavy atom. The fourth-order valence-corrected chi connectivity index (χ4v) is 2.16. The summed E-state index contributed by atoms with van der Waals surface area (Å²) in [7, 11) is 0. The van der Waals surface area contributed by atoms with E-state index in [9.17, 15) is 0 Å². The maximum absolute atomic E-state index is 6.02. The molecule has 80 valence electrons. The first-order valence-electron chi connectivity index (χ1n) is 4.85. The van der Waals surface area contributed by atoms with E-state index in [0.29, 0.717) is 11.7 Å². The lowest BCUT2D eigenvalue weighted by molar-refractivity contribution is 0.375. The fourth-order valence-electron chi connectivity index (χ4n) is 1.29. The summed E-state index contributed by atoms with van der Waals surface area (Å²) in [6.45, 7) is 4.02. The summed E-state index contributed by atoms with van der Waals surface area (Å²) in [5.41, 5.74) is 6.02. The van der Waals surface area contributed by atoms with Crippen LogP contribution in [0, 0.1) is 6.92 Å². The predicted molar refractivity (Wildman–Crippen MR) is 58.8 cm³/mol. The first-order valence-corrected chi connectivity index (χ1v) is 5.66. The van der Waals surface area contributed by atoms with Gasteiger partial charge in [-0.3, -0.25) is 0 Å². The van der Waals surface area contributed by atoms with Crippen molar-refractivity contribution in [3.8, 4) is 0 Å². The van der Waals surface area contributed by atoms with Crippen LogP contribution in [0.25, 0.3) is 0 Å². The van der Waals surface area contributed by atoms with E-state index in [1.54, 1.807) is 11.3 Å². The Morgan fingerprint density at radius 2 is 2.33 bits per heavy atom. The van der Waals surface area contributed by atoms with E-state index in [2.05, 4.69) is 17.1 Å². The number of rotatable bonds is 3. The molecule has 1 unspecified atom stereocenters. The smallest absolute Gasteiger partial charge is 0.226 e. The first-order chi connectivity index (χ1) is 7.20. The van der Waals surface area contributed by atoms with Crippen LogP contribution in [0.2, 0.25) is 0 Å². The summed E-state index contributed by atoms with van der Waals surface area (Å²) < 4.78 is 5.03. The van der Waals surface area contributed by atoms with E-state index in [0.717, 1.165) is 11.3 Å². The third-order valence-electron chi connectivity index (χ3n) is 2.13. The Bertz CT molecular complexity index is 449. The minimum Gasteiger partial charge on any atom is -0.339 e. The van der Waals surface area contributed by atoms with Gasteiger partial charge in [0.25, 0.3) is 0 Å². The molecule has 0 amide bonds. The van der Waals surface area contributed by atoms with E-state index >= 15 is 0 Å². The molecule has 2 rings (SSSR count). The number of nitrogens with two attached hydrogens (primary N) is 1. The van der Waals surface area contributed by atoms with Crippen molar-refractivity contribution in [3.05, 3.63) is 33.6 Å². The van der Waals surface area contributed by atoms with Gasteiger partial charge in [0.1, 0.15) is 6.04 Å². The van der Waals surface area contributed by atoms with Gasteiger partial charge in [-0.25, -0.2) is 0 Å². The van der Waals surface area contributed by atoms with Gasteiger partial charge in [-0.05, 0) is 19.1 Å². The van der Waals surface area contributed by atoms with Crippen LogP contribution < -0.4 is 5.73 Å². The summed E-state index contributed by atoms with van der Waals surface area (Å²) in [5, 5.41) is 3.87. The zero-order valence-corrected chi connectivity index (χ0v) is 9.54. The molecule has 15 heavy (non-hydrogen) atoms. The second-order valence-electron chi connectivity index (χ2n) is 3.33. The van der Waals surface area contributed by atoms with Crippen LogP contribution in [0.1, 0.15) is 34.4 Å². The van der Waals surface area contributed by atoms with E-state index < -0.39 is 0 Å². The van der Waals surface area contributed by atoms with Gasteiger partial charge in [0.05, 0.1) is 0 Å². The van der Waals surface area contributed by atoms with Crippen LogP contribution in [0.15, 0.2) is 16.7 Å². The highest BCUT2D eigenvalue weighted by Gasteiger charge is 2.16. The van der Waals surface area contributed by atoms with Gasteiger partial charge in [0.2, 0.25) is 5.89 Å². The summed E-state index contributed by atoms with van der Waals surface area (Å²) in [6.07, 6.45) is 0.739. The molecule has 0 saturated carbocycles. The topological polar surface area (TPSA) is 64.9 Å². The van der Waals surface area contributed by atoms with Crippen LogP contribution in [0.3, 0.4) is 0 Å². The van der Waals surface area contributed by atoms with Crippen molar-refractivity contribution >= 4 is 11.3 Å². The average Bonchev–Trinajstić information content (AvgIpc) is 2.84. The van der Waals surface area contributed by atoms with Gasteiger partial charge in [-0.15, -0.1) is 11.3 Å². The lowest BCUT2D eigenvalue weighted by Crippen LogP contribution is -2.12. The molecule has 1 atom stereocenters. The SMILES string of the molecule is CCc1nc(C(N)c2ccc(C)s2)no1. The minimum atomic E-state index is -0.271. The van der Waals surface area contributed by atoms with Gasteiger partial charge in [-0.1, -0.05) is 12.1 Å². The first kappa shape index (κ1) is 10.3. The molecule has 2 heterocycles. The highest BCUT2D eigenvalue weighted by atomic mass is 32.1. The second-order valence-corrected chi connectivity index (χ2v) is 4.65. The molecule has 2 N–H and O–H groups in total. The molecule has 0 saturated heterocycles. The number of hydrogen-bond acceptors (Lipinski definition) is 5. The maximum Gasteiger partial charge on any atom is 0.226 e. The number of hydrogen-bond donors (Lipinski definition) is 1. The van der Waals surface area contributed by atoms with Crippen LogP contribution >= 0.6 is 11.3 Å². The number of aryl methyl sites for hydroxylation is 2. The van der Waals surface area contributed by atoms with Crippen molar-refractivity contribution in [2.45, 2.75) is 26.3 Å². The van der Waals surface area contributed by atoms with Crippen molar-refractivity contribution in [1.82, 2.24) is 10.1 Å². The van der Waals surface area contributed by atoms with Gasteiger partial charge in [0, 0.05) is 16.2 Å². The highest BCUT2D eigenvalue weighted by molar-refractivity contribution is 7.12. The molecule has 0 spiro atoms. The molecule has 4 nitrogen and oxygen atoms in total. The third kappa shape index (κ3) is 2.08. The number of thiophene rings is 1. The summed E-state index contributed by atoms with van der Waals surface area (Å²) in [5.74, 6) is 1.20. The van der Waals surface area contributed by atoms with Gasteiger partial charge in [-0.2, -0.15) is 4.98 Å². The molecule has 0 aromatic carbocycles. The Balaban J connectivity index is 2.23. The molecule has 0 aliphatic carbocycles. The molecule has 0 radical (unpaired) electrons. The molecular weight excluding hydrogens is 210 g/mol. The molecule has 5 heteroatoms. The highest BCUT2D eigenvalue weighted by Crippen LogP contribution is 2.24. The molecule has 2 aromatic rings.